The fraction of sp³-hybridized carbons (Fsp3) is 0.385. The molecule has 0 unspecified atom stereocenters. The summed E-state index contributed by atoms with van der Waals surface area (Å²) in [7, 11) is 0. The Kier molecular flexibility index (Phi) is 2.06. The van der Waals surface area contributed by atoms with E-state index in [1.807, 2.05) is 19.1 Å². The Balaban J connectivity index is 1.94. The molecule has 2 heterocycles. The van der Waals surface area contributed by atoms with E-state index in [1.165, 1.54) is 12.8 Å². The molecule has 0 radical (unpaired) electrons. The quantitative estimate of drug-likeness (QED) is 0.739. The smallest absolute Gasteiger partial charge is 0.198 e. The van der Waals surface area contributed by atoms with Crippen LogP contribution in [0.2, 0.25) is 0 Å². The summed E-state index contributed by atoms with van der Waals surface area (Å²) in [5.74, 6) is 1.16. The van der Waals surface area contributed by atoms with E-state index in [0.717, 1.165) is 11.2 Å². The second-order valence-corrected chi connectivity index (χ2v) is 4.52. The molecule has 2 aromatic rings. The highest BCUT2D eigenvalue weighted by Gasteiger charge is 2.26. The van der Waals surface area contributed by atoms with E-state index < -0.39 is 0 Å². The van der Waals surface area contributed by atoms with Gasteiger partial charge in [-0.05, 0) is 37.8 Å². The number of aryl methyl sites for hydroxylation is 1. The second-order valence-electron chi connectivity index (χ2n) is 4.52. The molecule has 0 N–H and O–H groups in total. The first-order valence-corrected chi connectivity index (χ1v) is 5.63. The van der Waals surface area contributed by atoms with Gasteiger partial charge in [-0.15, -0.1) is 0 Å². The standard InChI is InChI=1S/C13H13NO2/c1-8-2-5-12-10(14-8)7-13(16-12)11(15)6-9-3-4-9/h2,5,7,9H,3-4,6H2,1H3. The van der Waals surface area contributed by atoms with Crippen LogP contribution >= 0.6 is 0 Å². The highest BCUT2D eigenvalue weighted by Crippen LogP contribution is 2.34. The third-order valence-corrected chi connectivity index (χ3v) is 2.96. The summed E-state index contributed by atoms with van der Waals surface area (Å²) in [6.07, 6.45) is 2.99. The first-order valence-electron chi connectivity index (χ1n) is 5.63. The lowest BCUT2D eigenvalue weighted by molar-refractivity contribution is 0.0951. The molecule has 0 bridgehead atoms. The van der Waals surface area contributed by atoms with Gasteiger partial charge in [-0.2, -0.15) is 0 Å². The van der Waals surface area contributed by atoms with Crippen LogP contribution in [0.1, 0.15) is 35.5 Å². The molecule has 3 rings (SSSR count). The second kappa shape index (κ2) is 3.44. The summed E-state index contributed by atoms with van der Waals surface area (Å²) >= 11 is 0. The Hall–Kier alpha value is -1.64. The number of hydrogen-bond acceptors (Lipinski definition) is 3. The number of fused-ring (bicyclic) bond motifs is 1. The van der Waals surface area contributed by atoms with E-state index in [1.54, 1.807) is 6.07 Å². The van der Waals surface area contributed by atoms with E-state index in [9.17, 15) is 4.79 Å². The van der Waals surface area contributed by atoms with Crippen molar-refractivity contribution in [2.75, 3.05) is 0 Å². The van der Waals surface area contributed by atoms with Gasteiger partial charge in [0.2, 0.25) is 0 Å². The van der Waals surface area contributed by atoms with Gasteiger partial charge in [-0.25, -0.2) is 4.98 Å². The van der Waals surface area contributed by atoms with Gasteiger partial charge in [0.1, 0.15) is 5.52 Å². The largest absolute Gasteiger partial charge is 0.451 e. The first kappa shape index (κ1) is 9.58. The van der Waals surface area contributed by atoms with Gasteiger partial charge in [0.25, 0.3) is 0 Å². The number of Topliss-reactive ketones (excluding diaryl/α,β-unsaturated/α-hetero) is 1. The van der Waals surface area contributed by atoms with Crippen LogP contribution in [0.5, 0.6) is 0 Å². The highest BCUT2D eigenvalue weighted by molar-refractivity contribution is 5.97. The number of furan rings is 1. The molecule has 0 saturated heterocycles. The zero-order valence-electron chi connectivity index (χ0n) is 9.19. The Morgan fingerprint density at radius 2 is 2.31 bits per heavy atom. The zero-order chi connectivity index (χ0) is 11.1. The monoisotopic (exact) mass is 215 g/mol. The fourth-order valence-corrected chi connectivity index (χ4v) is 1.85. The summed E-state index contributed by atoms with van der Waals surface area (Å²) in [6.45, 7) is 1.93. The van der Waals surface area contributed by atoms with Gasteiger partial charge < -0.3 is 4.42 Å². The van der Waals surface area contributed by atoms with Crippen molar-refractivity contribution in [3.8, 4) is 0 Å². The van der Waals surface area contributed by atoms with Crippen LogP contribution < -0.4 is 0 Å². The maximum absolute atomic E-state index is 11.8. The molecule has 0 atom stereocenters. The Labute approximate surface area is 93.5 Å². The van der Waals surface area contributed by atoms with Gasteiger partial charge >= 0.3 is 0 Å². The lowest BCUT2D eigenvalue weighted by Crippen LogP contribution is -1.97. The molecule has 16 heavy (non-hydrogen) atoms. The van der Waals surface area contributed by atoms with Crippen LogP contribution in [0.3, 0.4) is 0 Å². The predicted molar refractivity (Wildman–Crippen MR) is 60.4 cm³/mol. The third kappa shape index (κ3) is 1.73. The Morgan fingerprint density at radius 1 is 1.50 bits per heavy atom. The number of aromatic nitrogens is 1. The number of carbonyl (C=O) groups excluding carboxylic acids is 1. The van der Waals surface area contributed by atoms with Crippen LogP contribution in [0, 0.1) is 12.8 Å². The van der Waals surface area contributed by atoms with Crippen LogP contribution in [0.4, 0.5) is 0 Å². The molecule has 1 fully saturated rings. The van der Waals surface area contributed by atoms with Crippen molar-refractivity contribution >= 4 is 16.9 Å². The zero-order valence-corrected chi connectivity index (χ0v) is 9.19. The number of hydrogen-bond donors (Lipinski definition) is 0. The molecule has 2 aromatic heterocycles. The lowest BCUT2D eigenvalue weighted by atomic mass is 10.1. The lowest BCUT2D eigenvalue weighted by Gasteiger charge is -1.92. The van der Waals surface area contributed by atoms with E-state index >= 15 is 0 Å². The number of carbonyl (C=O) groups is 1. The van der Waals surface area contributed by atoms with Crippen molar-refractivity contribution < 1.29 is 9.21 Å². The molecule has 0 spiro atoms. The molecule has 1 aliphatic rings. The number of pyridine rings is 1. The molecule has 82 valence electrons. The van der Waals surface area contributed by atoms with Crippen molar-refractivity contribution in [1.29, 1.82) is 0 Å². The molecule has 3 nitrogen and oxygen atoms in total. The first-order chi connectivity index (χ1) is 7.72. The molecular formula is C13H13NO2. The van der Waals surface area contributed by atoms with Crippen molar-refractivity contribution in [3.05, 3.63) is 29.7 Å². The van der Waals surface area contributed by atoms with Crippen molar-refractivity contribution in [2.45, 2.75) is 26.2 Å². The van der Waals surface area contributed by atoms with Crippen molar-refractivity contribution in [3.63, 3.8) is 0 Å². The summed E-state index contributed by atoms with van der Waals surface area (Å²) in [5.41, 5.74) is 2.42. The molecule has 3 heteroatoms. The molecule has 0 aliphatic heterocycles. The summed E-state index contributed by atoms with van der Waals surface area (Å²) < 4.78 is 5.50. The predicted octanol–water partition coefficient (Wildman–Crippen LogP) is 3.12. The van der Waals surface area contributed by atoms with Crippen LogP contribution in [-0.2, 0) is 0 Å². The maximum atomic E-state index is 11.8. The molecular weight excluding hydrogens is 202 g/mol. The molecule has 1 aliphatic carbocycles. The highest BCUT2D eigenvalue weighted by atomic mass is 16.3. The molecule has 0 aromatic carbocycles. The SMILES string of the molecule is Cc1ccc2oc(C(=O)CC3CC3)cc2n1. The van der Waals surface area contributed by atoms with Gasteiger partial charge in [0.15, 0.2) is 17.1 Å². The number of rotatable bonds is 3. The van der Waals surface area contributed by atoms with E-state index in [2.05, 4.69) is 4.98 Å². The van der Waals surface area contributed by atoms with Crippen molar-refractivity contribution in [2.24, 2.45) is 5.92 Å². The number of nitrogens with zero attached hydrogens (tertiary/aromatic N) is 1. The summed E-state index contributed by atoms with van der Waals surface area (Å²) in [4.78, 5) is 16.2. The van der Waals surface area contributed by atoms with E-state index in [4.69, 9.17) is 4.42 Å². The molecule has 0 amide bonds. The number of ketones is 1. The normalized spacial score (nSPS) is 15.6. The van der Waals surface area contributed by atoms with Crippen molar-refractivity contribution in [1.82, 2.24) is 4.98 Å². The third-order valence-electron chi connectivity index (χ3n) is 2.96. The van der Waals surface area contributed by atoms with Crippen LogP contribution in [-0.4, -0.2) is 10.8 Å². The van der Waals surface area contributed by atoms with Crippen LogP contribution in [0.15, 0.2) is 22.6 Å². The van der Waals surface area contributed by atoms with E-state index in [0.29, 0.717) is 23.7 Å². The maximum Gasteiger partial charge on any atom is 0.198 e. The summed E-state index contributed by atoms with van der Waals surface area (Å²) in [6, 6.07) is 5.51. The van der Waals surface area contributed by atoms with Gasteiger partial charge in [-0.3, -0.25) is 4.79 Å². The van der Waals surface area contributed by atoms with Crippen LogP contribution in [0.25, 0.3) is 11.1 Å². The summed E-state index contributed by atoms with van der Waals surface area (Å²) in [5, 5.41) is 0. The van der Waals surface area contributed by atoms with Gasteiger partial charge in [0.05, 0.1) is 0 Å². The Bertz CT molecular complexity index is 552. The topological polar surface area (TPSA) is 43.1 Å². The van der Waals surface area contributed by atoms with E-state index in [-0.39, 0.29) is 5.78 Å². The minimum absolute atomic E-state index is 0.109. The minimum atomic E-state index is 0.109. The Morgan fingerprint density at radius 3 is 3.06 bits per heavy atom. The average molecular weight is 215 g/mol. The minimum Gasteiger partial charge on any atom is -0.451 e. The molecule has 1 saturated carbocycles. The fourth-order valence-electron chi connectivity index (χ4n) is 1.85. The average Bonchev–Trinajstić information content (AvgIpc) is 2.95. The van der Waals surface area contributed by atoms with Gasteiger partial charge in [0, 0.05) is 18.2 Å². The van der Waals surface area contributed by atoms with Gasteiger partial charge in [-0.1, -0.05) is 0 Å².